The van der Waals surface area contributed by atoms with Crippen molar-refractivity contribution in [3.05, 3.63) is 39.3 Å². The molecule has 2 N–H and O–H groups in total. The van der Waals surface area contributed by atoms with Crippen LogP contribution in [-0.4, -0.2) is 21.1 Å². The Kier molecular flexibility index (Phi) is 3.60. The summed E-state index contributed by atoms with van der Waals surface area (Å²) in [6.45, 7) is 5.70. The molecule has 0 aliphatic carbocycles. The second kappa shape index (κ2) is 5.42. The van der Waals surface area contributed by atoms with Gasteiger partial charge in [0.2, 0.25) is 0 Å². The number of nitrogens with zero attached hydrogens (tertiary/aromatic N) is 2. The molecule has 7 heteroatoms. The van der Waals surface area contributed by atoms with Crippen LogP contribution in [0.4, 0.5) is 5.82 Å². The zero-order chi connectivity index (χ0) is 15.0. The number of thiazole rings is 1. The standard InChI is InChI=1S/C14H14N4OS2/c1-7-8(2)17-18-12(7)16-13(19)11-9(3)15-14(21-11)10-5-4-6-20-10/h4-6H,1-3H3,(H2,16,17,18,19). The van der Waals surface area contributed by atoms with Crippen molar-refractivity contribution in [2.75, 3.05) is 5.32 Å². The molecule has 0 aliphatic rings. The fourth-order valence-electron chi connectivity index (χ4n) is 1.88. The molecular weight excluding hydrogens is 304 g/mol. The van der Waals surface area contributed by atoms with Crippen molar-refractivity contribution in [3.63, 3.8) is 0 Å². The van der Waals surface area contributed by atoms with Crippen LogP contribution >= 0.6 is 22.7 Å². The summed E-state index contributed by atoms with van der Waals surface area (Å²) in [5, 5.41) is 12.7. The average Bonchev–Trinajstić information content (AvgIpc) is 3.15. The van der Waals surface area contributed by atoms with Gasteiger partial charge in [0.25, 0.3) is 5.91 Å². The van der Waals surface area contributed by atoms with Gasteiger partial charge in [0.15, 0.2) is 5.82 Å². The van der Waals surface area contributed by atoms with Crippen molar-refractivity contribution in [3.8, 4) is 9.88 Å². The number of anilines is 1. The van der Waals surface area contributed by atoms with E-state index in [2.05, 4.69) is 20.5 Å². The molecule has 0 atom stereocenters. The Labute approximate surface area is 130 Å². The molecule has 0 aromatic carbocycles. The summed E-state index contributed by atoms with van der Waals surface area (Å²) in [6, 6.07) is 3.98. The number of hydrogen-bond acceptors (Lipinski definition) is 5. The SMILES string of the molecule is Cc1nc(-c2cccs2)sc1C(=O)Nc1n[nH]c(C)c1C. The molecule has 0 saturated carbocycles. The van der Waals surface area contributed by atoms with Crippen LogP contribution in [-0.2, 0) is 0 Å². The number of amides is 1. The first-order chi connectivity index (χ1) is 10.1. The van der Waals surface area contributed by atoms with Crippen molar-refractivity contribution >= 4 is 34.4 Å². The third kappa shape index (κ3) is 2.62. The van der Waals surface area contributed by atoms with E-state index in [1.165, 1.54) is 11.3 Å². The zero-order valence-corrected chi connectivity index (χ0v) is 13.5. The fourth-order valence-corrected chi connectivity index (χ4v) is 3.64. The number of nitrogens with one attached hydrogen (secondary N) is 2. The summed E-state index contributed by atoms with van der Waals surface area (Å²) in [7, 11) is 0. The van der Waals surface area contributed by atoms with Gasteiger partial charge in [0.05, 0.1) is 10.6 Å². The Morgan fingerprint density at radius 3 is 2.76 bits per heavy atom. The van der Waals surface area contributed by atoms with Crippen molar-refractivity contribution in [2.45, 2.75) is 20.8 Å². The van der Waals surface area contributed by atoms with Crippen LogP contribution in [0.15, 0.2) is 17.5 Å². The van der Waals surface area contributed by atoms with Crippen LogP contribution < -0.4 is 5.32 Å². The Morgan fingerprint density at radius 2 is 2.14 bits per heavy atom. The van der Waals surface area contributed by atoms with E-state index in [1.54, 1.807) is 11.3 Å². The normalized spacial score (nSPS) is 10.8. The highest BCUT2D eigenvalue weighted by molar-refractivity contribution is 7.22. The lowest BCUT2D eigenvalue weighted by molar-refractivity contribution is 0.102. The molecule has 0 unspecified atom stereocenters. The number of rotatable bonds is 3. The van der Waals surface area contributed by atoms with E-state index in [0.29, 0.717) is 10.7 Å². The van der Waals surface area contributed by atoms with Gasteiger partial charge in [0.1, 0.15) is 9.88 Å². The molecule has 0 saturated heterocycles. The molecule has 0 spiro atoms. The smallest absolute Gasteiger partial charge is 0.268 e. The van der Waals surface area contributed by atoms with Gasteiger partial charge >= 0.3 is 0 Å². The lowest BCUT2D eigenvalue weighted by atomic mass is 10.3. The molecule has 0 radical (unpaired) electrons. The van der Waals surface area contributed by atoms with Gasteiger partial charge in [-0.1, -0.05) is 6.07 Å². The number of carbonyl (C=O) groups is 1. The summed E-state index contributed by atoms with van der Waals surface area (Å²) in [6.07, 6.45) is 0. The number of hydrogen-bond donors (Lipinski definition) is 2. The van der Waals surface area contributed by atoms with Crippen LogP contribution in [0.5, 0.6) is 0 Å². The summed E-state index contributed by atoms with van der Waals surface area (Å²) in [5.41, 5.74) is 2.64. The fraction of sp³-hybridized carbons (Fsp3) is 0.214. The van der Waals surface area contributed by atoms with E-state index in [-0.39, 0.29) is 5.91 Å². The first-order valence-corrected chi connectivity index (χ1v) is 8.10. The van der Waals surface area contributed by atoms with Gasteiger partial charge in [-0.3, -0.25) is 9.89 Å². The summed E-state index contributed by atoms with van der Waals surface area (Å²) < 4.78 is 0. The maximum Gasteiger partial charge on any atom is 0.268 e. The van der Waals surface area contributed by atoms with Crippen LogP contribution in [0, 0.1) is 20.8 Å². The largest absolute Gasteiger partial charge is 0.304 e. The molecule has 3 heterocycles. The van der Waals surface area contributed by atoms with Gasteiger partial charge in [-0.05, 0) is 32.2 Å². The van der Waals surface area contributed by atoms with Crippen LogP contribution in [0.1, 0.15) is 26.6 Å². The minimum atomic E-state index is -0.164. The second-order valence-electron chi connectivity index (χ2n) is 4.69. The molecule has 1 amide bonds. The lowest BCUT2D eigenvalue weighted by Gasteiger charge is -2.01. The topological polar surface area (TPSA) is 70.7 Å². The second-order valence-corrected chi connectivity index (χ2v) is 6.63. The molecule has 108 valence electrons. The molecule has 5 nitrogen and oxygen atoms in total. The van der Waals surface area contributed by atoms with Crippen molar-refractivity contribution in [1.82, 2.24) is 15.2 Å². The Hall–Kier alpha value is -1.99. The number of aryl methyl sites for hydroxylation is 2. The predicted octanol–water partition coefficient (Wildman–Crippen LogP) is 3.77. The third-order valence-electron chi connectivity index (χ3n) is 3.22. The van der Waals surface area contributed by atoms with Gasteiger partial charge in [-0.25, -0.2) is 4.98 Å². The van der Waals surface area contributed by atoms with E-state index in [1.807, 2.05) is 38.3 Å². The Bertz CT molecular complexity index is 786. The van der Waals surface area contributed by atoms with Gasteiger partial charge in [-0.2, -0.15) is 5.10 Å². The van der Waals surface area contributed by atoms with E-state index in [0.717, 1.165) is 26.8 Å². The van der Waals surface area contributed by atoms with Crippen LogP contribution in [0.25, 0.3) is 9.88 Å². The minimum Gasteiger partial charge on any atom is -0.304 e. The highest BCUT2D eigenvalue weighted by Gasteiger charge is 2.18. The molecule has 0 aliphatic heterocycles. The summed E-state index contributed by atoms with van der Waals surface area (Å²) >= 11 is 3.02. The van der Waals surface area contributed by atoms with Crippen molar-refractivity contribution < 1.29 is 4.79 Å². The van der Waals surface area contributed by atoms with Crippen molar-refractivity contribution in [2.24, 2.45) is 0 Å². The van der Waals surface area contributed by atoms with E-state index in [9.17, 15) is 4.79 Å². The number of carbonyl (C=O) groups excluding carboxylic acids is 1. The molecule has 0 fully saturated rings. The van der Waals surface area contributed by atoms with Crippen molar-refractivity contribution in [1.29, 1.82) is 0 Å². The highest BCUT2D eigenvalue weighted by Crippen LogP contribution is 2.31. The zero-order valence-electron chi connectivity index (χ0n) is 11.9. The molecule has 21 heavy (non-hydrogen) atoms. The monoisotopic (exact) mass is 318 g/mol. The molecular formula is C14H14N4OS2. The van der Waals surface area contributed by atoms with Crippen LogP contribution in [0.3, 0.4) is 0 Å². The average molecular weight is 318 g/mol. The first kappa shape index (κ1) is 14.0. The van der Waals surface area contributed by atoms with E-state index in [4.69, 9.17) is 0 Å². The Morgan fingerprint density at radius 1 is 1.33 bits per heavy atom. The van der Waals surface area contributed by atoms with E-state index >= 15 is 0 Å². The molecule has 3 aromatic heterocycles. The number of aromatic nitrogens is 3. The quantitative estimate of drug-likeness (QED) is 0.772. The molecule has 3 rings (SSSR count). The number of H-pyrrole nitrogens is 1. The summed E-state index contributed by atoms with van der Waals surface area (Å²) in [5.74, 6) is 0.408. The maximum atomic E-state index is 12.4. The van der Waals surface area contributed by atoms with Gasteiger partial charge < -0.3 is 5.32 Å². The minimum absolute atomic E-state index is 0.164. The maximum absolute atomic E-state index is 12.4. The first-order valence-electron chi connectivity index (χ1n) is 6.40. The molecule has 0 bridgehead atoms. The third-order valence-corrected chi connectivity index (χ3v) is 5.42. The van der Waals surface area contributed by atoms with Crippen LogP contribution in [0.2, 0.25) is 0 Å². The Balaban J connectivity index is 1.87. The molecule has 3 aromatic rings. The predicted molar refractivity (Wildman–Crippen MR) is 86.2 cm³/mol. The van der Waals surface area contributed by atoms with Gasteiger partial charge in [-0.15, -0.1) is 22.7 Å². The lowest BCUT2D eigenvalue weighted by Crippen LogP contribution is -2.12. The van der Waals surface area contributed by atoms with Gasteiger partial charge in [0, 0.05) is 11.3 Å². The summed E-state index contributed by atoms with van der Waals surface area (Å²) in [4.78, 5) is 18.6. The number of aromatic amines is 1. The number of thiophene rings is 1. The highest BCUT2D eigenvalue weighted by atomic mass is 32.1. The van der Waals surface area contributed by atoms with E-state index < -0.39 is 0 Å².